The van der Waals surface area contributed by atoms with Crippen LogP contribution in [0.2, 0.25) is 0 Å². The SMILES string of the molecule is NNC(COCC(F)(F)C(F)F)C1=CCCO1. The van der Waals surface area contributed by atoms with E-state index in [0.29, 0.717) is 18.8 Å². The highest BCUT2D eigenvalue weighted by Crippen LogP contribution is 2.23. The first-order valence-corrected chi connectivity index (χ1v) is 5.00. The fraction of sp³-hybridized carbons (Fsp3) is 0.778. The van der Waals surface area contributed by atoms with Crippen molar-refractivity contribution in [3.05, 3.63) is 11.8 Å². The standard InChI is InChI=1S/C9H14F4N2O2/c10-8(11)9(12,13)5-16-4-6(15-14)7-2-1-3-17-7/h2,6,8,15H,1,3-5,14H2. The number of rotatable bonds is 7. The van der Waals surface area contributed by atoms with E-state index in [1.54, 1.807) is 6.08 Å². The van der Waals surface area contributed by atoms with Gasteiger partial charge in [0.1, 0.15) is 18.4 Å². The Kier molecular flexibility index (Phi) is 5.16. The van der Waals surface area contributed by atoms with Crippen LogP contribution in [0.15, 0.2) is 11.8 Å². The van der Waals surface area contributed by atoms with E-state index < -0.39 is 25.0 Å². The molecule has 8 heteroatoms. The van der Waals surface area contributed by atoms with Gasteiger partial charge in [0.2, 0.25) is 0 Å². The molecule has 0 aromatic rings. The normalized spacial score (nSPS) is 18.1. The highest BCUT2D eigenvalue weighted by molar-refractivity contribution is 5.06. The summed E-state index contributed by atoms with van der Waals surface area (Å²) in [6.45, 7) is -1.12. The van der Waals surface area contributed by atoms with Crippen molar-refractivity contribution in [3.63, 3.8) is 0 Å². The summed E-state index contributed by atoms with van der Waals surface area (Å²) in [6, 6.07) is -0.606. The topological polar surface area (TPSA) is 56.5 Å². The van der Waals surface area contributed by atoms with E-state index >= 15 is 0 Å². The van der Waals surface area contributed by atoms with E-state index in [4.69, 9.17) is 10.6 Å². The molecular formula is C9H14F4N2O2. The van der Waals surface area contributed by atoms with Gasteiger partial charge in [-0.2, -0.15) is 8.78 Å². The first kappa shape index (κ1) is 14.2. The summed E-state index contributed by atoms with van der Waals surface area (Å²) in [5.74, 6) is 1.51. The molecule has 3 N–H and O–H groups in total. The Bertz CT molecular complexity index is 274. The molecule has 0 saturated heterocycles. The Morgan fingerprint density at radius 3 is 2.71 bits per heavy atom. The van der Waals surface area contributed by atoms with Gasteiger partial charge in [0.25, 0.3) is 0 Å². The lowest BCUT2D eigenvalue weighted by atomic mass is 10.2. The van der Waals surface area contributed by atoms with Gasteiger partial charge in [0, 0.05) is 6.42 Å². The molecule has 0 saturated carbocycles. The third-order valence-corrected chi connectivity index (χ3v) is 2.18. The molecule has 1 aliphatic rings. The molecule has 0 aliphatic carbocycles. The average molecular weight is 258 g/mol. The number of hydrazine groups is 1. The summed E-state index contributed by atoms with van der Waals surface area (Å²) in [6.07, 6.45) is -1.31. The van der Waals surface area contributed by atoms with Crippen molar-refractivity contribution in [2.75, 3.05) is 19.8 Å². The lowest BCUT2D eigenvalue weighted by Crippen LogP contribution is -2.42. The second-order valence-corrected chi connectivity index (χ2v) is 3.54. The zero-order valence-electron chi connectivity index (χ0n) is 8.97. The molecule has 17 heavy (non-hydrogen) atoms. The lowest BCUT2D eigenvalue weighted by Gasteiger charge is -2.20. The van der Waals surface area contributed by atoms with Gasteiger partial charge in [0.05, 0.1) is 13.2 Å². The predicted molar refractivity (Wildman–Crippen MR) is 51.5 cm³/mol. The van der Waals surface area contributed by atoms with Gasteiger partial charge >= 0.3 is 12.3 Å². The Morgan fingerprint density at radius 2 is 2.24 bits per heavy atom. The van der Waals surface area contributed by atoms with Crippen LogP contribution in [0.4, 0.5) is 17.6 Å². The van der Waals surface area contributed by atoms with E-state index in [2.05, 4.69) is 10.2 Å². The zero-order valence-corrected chi connectivity index (χ0v) is 8.97. The molecule has 0 amide bonds. The summed E-state index contributed by atoms with van der Waals surface area (Å²) in [4.78, 5) is 0. The van der Waals surface area contributed by atoms with Crippen molar-refractivity contribution in [1.82, 2.24) is 5.43 Å². The zero-order chi connectivity index (χ0) is 12.9. The molecule has 1 atom stereocenters. The smallest absolute Gasteiger partial charge is 0.330 e. The van der Waals surface area contributed by atoms with Crippen molar-refractivity contribution < 1.29 is 27.0 Å². The Morgan fingerprint density at radius 1 is 1.53 bits per heavy atom. The summed E-state index contributed by atoms with van der Waals surface area (Å²) in [5.41, 5.74) is 2.31. The number of alkyl halides is 4. The predicted octanol–water partition coefficient (Wildman–Crippen LogP) is 1.04. The first-order valence-electron chi connectivity index (χ1n) is 5.00. The molecule has 4 nitrogen and oxygen atoms in total. The van der Waals surface area contributed by atoms with Gasteiger partial charge in [0.15, 0.2) is 0 Å². The second-order valence-electron chi connectivity index (χ2n) is 3.54. The number of halogens is 4. The van der Waals surface area contributed by atoms with Crippen molar-refractivity contribution >= 4 is 0 Å². The lowest BCUT2D eigenvalue weighted by molar-refractivity contribution is -0.166. The van der Waals surface area contributed by atoms with E-state index in [9.17, 15) is 17.6 Å². The molecule has 0 aromatic carbocycles. The Balaban J connectivity index is 2.33. The molecular weight excluding hydrogens is 244 g/mol. The number of nitrogens with two attached hydrogens (primary N) is 1. The molecule has 1 aliphatic heterocycles. The molecule has 1 rings (SSSR count). The van der Waals surface area contributed by atoms with Crippen LogP contribution in [0.3, 0.4) is 0 Å². The maximum atomic E-state index is 12.5. The monoisotopic (exact) mass is 258 g/mol. The molecule has 0 spiro atoms. The van der Waals surface area contributed by atoms with Crippen LogP contribution in [0, 0.1) is 0 Å². The van der Waals surface area contributed by atoms with Crippen molar-refractivity contribution in [2.45, 2.75) is 24.8 Å². The van der Waals surface area contributed by atoms with Gasteiger partial charge in [-0.1, -0.05) is 0 Å². The molecule has 1 unspecified atom stereocenters. The van der Waals surface area contributed by atoms with Crippen LogP contribution in [-0.4, -0.2) is 38.2 Å². The Labute approximate surface area is 95.7 Å². The van der Waals surface area contributed by atoms with E-state index in [0.717, 1.165) is 0 Å². The van der Waals surface area contributed by atoms with Gasteiger partial charge in [-0.05, 0) is 6.08 Å². The molecule has 0 aromatic heterocycles. The minimum Gasteiger partial charge on any atom is -0.496 e. The van der Waals surface area contributed by atoms with Crippen LogP contribution in [0.1, 0.15) is 6.42 Å². The maximum Gasteiger partial charge on any atom is 0.330 e. The van der Waals surface area contributed by atoms with Gasteiger partial charge < -0.3 is 9.47 Å². The van der Waals surface area contributed by atoms with Gasteiger partial charge in [-0.15, -0.1) is 0 Å². The maximum absolute atomic E-state index is 12.5. The summed E-state index contributed by atoms with van der Waals surface area (Å²) in [7, 11) is 0. The largest absolute Gasteiger partial charge is 0.496 e. The fourth-order valence-corrected chi connectivity index (χ4v) is 1.27. The summed E-state index contributed by atoms with van der Waals surface area (Å²) in [5, 5.41) is 0. The van der Waals surface area contributed by atoms with Crippen molar-refractivity contribution in [2.24, 2.45) is 5.84 Å². The number of hydrogen-bond acceptors (Lipinski definition) is 4. The van der Waals surface area contributed by atoms with Crippen LogP contribution < -0.4 is 11.3 Å². The third kappa shape index (κ3) is 4.14. The van der Waals surface area contributed by atoms with E-state index in [1.165, 1.54) is 0 Å². The average Bonchev–Trinajstić information content (AvgIpc) is 2.77. The van der Waals surface area contributed by atoms with E-state index in [1.807, 2.05) is 0 Å². The number of nitrogens with one attached hydrogen (secondary N) is 1. The summed E-state index contributed by atoms with van der Waals surface area (Å²) >= 11 is 0. The van der Waals surface area contributed by atoms with E-state index in [-0.39, 0.29) is 6.61 Å². The molecule has 0 radical (unpaired) electrons. The summed E-state index contributed by atoms with van der Waals surface area (Å²) < 4.78 is 58.3. The molecule has 0 fully saturated rings. The van der Waals surface area contributed by atoms with Crippen molar-refractivity contribution in [1.29, 1.82) is 0 Å². The first-order chi connectivity index (χ1) is 7.97. The second kappa shape index (κ2) is 6.18. The molecule has 0 bridgehead atoms. The van der Waals surface area contributed by atoms with Gasteiger partial charge in [-0.25, -0.2) is 14.2 Å². The minimum absolute atomic E-state index is 0.259. The minimum atomic E-state index is -4.15. The van der Waals surface area contributed by atoms with Crippen molar-refractivity contribution in [3.8, 4) is 0 Å². The highest BCUT2D eigenvalue weighted by atomic mass is 19.3. The van der Waals surface area contributed by atoms with Crippen LogP contribution >= 0.6 is 0 Å². The number of hydrogen-bond donors (Lipinski definition) is 2. The van der Waals surface area contributed by atoms with Crippen LogP contribution in [0.25, 0.3) is 0 Å². The Hall–Kier alpha value is -0.860. The highest BCUT2D eigenvalue weighted by Gasteiger charge is 2.41. The number of ether oxygens (including phenoxy) is 2. The quantitative estimate of drug-likeness (QED) is 0.407. The molecule has 1 heterocycles. The van der Waals surface area contributed by atoms with Crippen LogP contribution in [0.5, 0.6) is 0 Å². The van der Waals surface area contributed by atoms with Gasteiger partial charge in [-0.3, -0.25) is 5.84 Å². The van der Waals surface area contributed by atoms with Crippen LogP contribution in [-0.2, 0) is 9.47 Å². The fourth-order valence-electron chi connectivity index (χ4n) is 1.27. The molecule has 100 valence electrons. The third-order valence-electron chi connectivity index (χ3n) is 2.18.